The lowest BCUT2D eigenvalue weighted by atomic mass is 10.2. The van der Waals surface area contributed by atoms with E-state index < -0.39 is 0 Å². The van der Waals surface area contributed by atoms with E-state index in [2.05, 4.69) is 10.4 Å². The van der Waals surface area contributed by atoms with Gasteiger partial charge in [-0.2, -0.15) is 5.10 Å². The number of ether oxygens (including phenoxy) is 1. The van der Waals surface area contributed by atoms with Crippen molar-refractivity contribution in [2.45, 2.75) is 20.1 Å². The summed E-state index contributed by atoms with van der Waals surface area (Å²) in [6, 6.07) is 6.61. The van der Waals surface area contributed by atoms with Crippen LogP contribution < -0.4 is 10.1 Å². The average Bonchev–Trinajstić information content (AvgIpc) is 2.79. The third kappa shape index (κ3) is 4.06. The first kappa shape index (κ1) is 13.5. The Morgan fingerprint density at radius 3 is 2.89 bits per heavy atom. The van der Waals surface area contributed by atoms with Crippen LogP contribution in [-0.2, 0) is 20.2 Å². The van der Waals surface area contributed by atoms with Gasteiger partial charge in [0, 0.05) is 25.9 Å². The van der Waals surface area contributed by atoms with Crippen LogP contribution in [0.25, 0.3) is 0 Å². The molecule has 1 N–H and O–H groups in total. The van der Waals surface area contributed by atoms with Crippen molar-refractivity contribution in [1.82, 2.24) is 15.1 Å². The van der Waals surface area contributed by atoms with Crippen molar-refractivity contribution >= 4 is 0 Å². The molecule has 0 saturated heterocycles. The second-order valence-electron chi connectivity index (χ2n) is 4.34. The normalized spacial score (nSPS) is 10.7. The van der Waals surface area contributed by atoms with E-state index in [0.717, 1.165) is 17.8 Å². The molecule has 2 aromatic rings. The molecule has 19 heavy (non-hydrogen) atoms. The van der Waals surface area contributed by atoms with Gasteiger partial charge in [-0.1, -0.05) is 6.92 Å². The van der Waals surface area contributed by atoms with Crippen LogP contribution in [0, 0.1) is 5.82 Å². The Labute approximate surface area is 112 Å². The van der Waals surface area contributed by atoms with Crippen LogP contribution in [0.3, 0.4) is 0 Å². The summed E-state index contributed by atoms with van der Waals surface area (Å²) in [4.78, 5) is 0. The smallest absolute Gasteiger partial charge is 0.132 e. The lowest BCUT2D eigenvalue weighted by Crippen LogP contribution is -2.12. The number of aryl methyl sites for hydroxylation is 1. The van der Waals surface area contributed by atoms with Crippen molar-refractivity contribution in [3.05, 3.63) is 47.5 Å². The van der Waals surface area contributed by atoms with Crippen molar-refractivity contribution in [2.75, 3.05) is 6.54 Å². The zero-order chi connectivity index (χ0) is 13.7. The summed E-state index contributed by atoms with van der Waals surface area (Å²) in [6.07, 6.45) is 1.85. The first-order valence-electron chi connectivity index (χ1n) is 6.29. The zero-order valence-electron chi connectivity index (χ0n) is 11.2. The number of hydrogen-bond donors (Lipinski definition) is 1. The summed E-state index contributed by atoms with van der Waals surface area (Å²) in [5.41, 5.74) is 1.69. The van der Waals surface area contributed by atoms with Crippen LogP contribution in [0.15, 0.2) is 30.5 Å². The number of hydrogen-bond acceptors (Lipinski definition) is 3. The quantitative estimate of drug-likeness (QED) is 0.868. The minimum absolute atomic E-state index is 0.286. The molecule has 1 heterocycles. The minimum atomic E-state index is -0.286. The van der Waals surface area contributed by atoms with Gasteiger partial charge in [0.25, 0.3) is 0 Å². The summed E-state index contributed by atoms with van der Waals surface area (Å²) in [6.45, 7) is 3.83. The Balaban J connectivity index is 2.01. The first-order valence-corrected chi connectivity index (χ1v) is 6.29. The summed E-state index contributed by atoms with van der Waals surface area (Å²) in [5.74, 6) is 0.241. The van der Waals surface area contributed by atoms with Crippen LogP contribution in [0.5, 0.6) is 5.75 Å². The SMILES string of the molecule is CCNCc1cc(F)cc(OCc2ccn(C)n2)c1. The molecule has 0 aliphatic rings. The van der Waals surface area contributed by atoms with Crippen LogP contribution in [0.1, 0.15) is 18.2 Å². The fraction of sp³-hybridized carbons (Fsp3) is 0.357. The lowest BCUT2D eigenvalue weighted by molar-refractivity contribution is 0.298. The molecule has 5 heteroatoms. The molecule has 4 nitrogen and oxygen atoms in total. The molecule has 0 spiro atoms. The largest absolute Gasteiger partial charge is 0.487 e. The van der Waals surface area contributed by atoms with Gasteiger partial charge in [-0.15, -0.1) is 0 Å². The van der Waals surface area contributed by atoms with E-state index in [4.69, 9.17) is 4.74 Å². The Morgan fingerprint density at radius 2 is 2.21 bits per heavy atom. The molecule has 0 saturated carbocycles. The molecule has 0 unspecified atom stereocenters. The average molecular weight is 263 g/mol. The predicted octanol–water partition coefficient (Wildman–Crippen LogP) is 2.25. The summed E-state index contributed by atoms with van der Waals surface area (Å²) in [7, 11) is 1.85. The Bertz CT molecular complexity index is 539. The van der Waals surface area contributed by atoms with E-state index in [9.17, 15) is 4.39 Å². The molecule has 102 valence electrons. The molecule has 0 aliphatic heterocycles. The number of rotatable bonds is 6. The number of halogens is 1. The van der Waals surface area contributed by atoms with Gasteiger partial charge in [-0.05, 0) is 30.3 Å². The van der Waals surface area contributed by atoms with Crippen LogP contribution >= 0.6 is 0 Å². The van der Waals surface area contributed by atoms with E-state index in [-0.39, 0.29) is 5.82 Å². The molecule has 1 aromatic carbocycles. The van der Waals surface area contributed by atoms with E-state index in [1.807, 2.05) is 32.3 Å². The number of aromatic nitrogens is 2. The van der Waals surface area contributed by atoms with Gasteiger partial charge in [-0.3, -0.25) is 4.68 Å². The zero-order valence-corrected chi connectivity index (χ0v) is 11.2. The highest BCUT2D eigenvalue weighted by Gasteiger charge is 2.03. The second-order valence-corrected chi connectivity index (χ2v) is 4.34. The second kappa shape index (κ2) is 6.33. The molecular weight excluding hydrogens is 245 g/mol. The van der Waals surface area contributed by atoms with Crippen LogP contribution in [0.4, 0.5) is 4.39 Å². The number of nitrogens with one attached hydrogen (secondary N) is 1. The van der Waals surface area contributed by atoms with E-state index >= 15 is 0 Å². The molecule has 1 aromatic heterocycles. The molecule has 0 bridgehead atoms. The van der Waals surface area contributed by atoms with Crippen molar-refractivity contribution in [3.63, 3.8) is 0 Å². The van der Waals surface area contributed by atoms with E-state index in [1.54, 1.807) is 4.68 Å². The van der Waals surface area contributed by atoms with Gasteiger partial charge in [0.1, 0.15) is 18.2 Å². The number of benzene rings is 1. The monoisotopic (exact) mass is 263 g/mol. The van der Waals surface area contributed by atoms with Crippen LogP contribution in [-0.4, -0.2) is 16.3 Å². The van der Waals surface area contributed by atoms with Crippen molar-refractivity contribution < 1.29 is 9.13 Å². The maximum atomic E-state index is 13.5. The molecule has 0 radical (unpaired) electrons. The van der Waals surface area contributed by atoms with Gasteiger partial charge in [0.15, 0.2) is 0 Å². The predicted molar refractivity (Wildman–Crippen MR) is 71.3 cm³/mol. The van der Waals surface area contributed by atoms with Crippen molar-refractivity contribution in [3.8, 4) is 5.75 Å². The summed E-state index contributed by atoms with van der Waals surface area (Å²) >= 11 is 0. The molecule has 0 aliphatic carbocycles. The Hall–Kier alpha value is -1.88. The van der Waals surface area contributed by atoms with Gasteiger partial charge >= 0.3 is 0 Å². The third-order valence-corrected chi connectivity index (χ3v) is 2.67. The molecular formula is C14H18FN3O. The van der Waals surface area contributed by atoms with E-state index in [1.165, 1.54) is 12.1 Å². The standard InChI is InChI=1S/C14H18FN3O/c1-3-16-9-11-6-12(15)8-14(7-11)19-10-13-4-5-18(2)17-13/h4-8,16H,3,9-10H2,1-2H3. The van der Waals surface area contributed by atoms with Crippen LogP contribution in [0.2, 0.25) is 0 Å². The molecule has 0 fully saturated rings. The molecule has 0 amide bonds. The van der Waals surface area contributed by atoms with Gasteiger partial charge < -0.3 is 10.1 Å². The Morgan fingerprint density at radius 1 is 1.37 bits per heavy atom. The third-order valence-electron chi connectivity index (χ3n) is 2.67. The minimum Gasteiger partial charge on any atom is -0.487 e. The van der Waals surface area contributed by atoms with E-state index in [0.29, 0.717) is 18.9 Å². The van der Waals surface area contributed by atoms with Gasteiger partial charge in [0.05, 0.1) is 5.69 Å². The fourth-order valence-corrected chi connectivity index (χ4v) is 1.77. The lowest BCUT2D eigenvalue weighted by Gasteiger charge is -2.08. The maximum Gasteiger partial charge on any atom is 0.132 e. The highest BCUT2D eigenvalue weighted by atomic mass is 19.1. The van der Waals surface area contributed by atoms with Crippen molar-refractivity contribution in [1.29, 1.82) is 0 Å². The van der Waals surface area contributed by atoms with Crippen molar-refractivity contribution in [2.24, 2.45) is 7.05 Å². The Kier molecular flexibility index (Phi) is 4.52. The topological polar surface area (TPSA) is 39.1 Å². The fourth-order valence-electron chi connectivity index (χ4n) is 1.77. The maximum absolute atomic E-state index is 13.5. The molecule has 0 atom stereocenters. The summed E-state index contributed by atoms with van der Waals surface area (Å²) < 4.78 is 20.7. The van der Waals surface area contributed by atoms with Gasteiger partial charge in [0.2, 0.25) is 0 Å². The highest BCUT2D eigenvalue weighted by molar-refractivity contribution is 5.29. The number of nitrogens with zero attached hydrogens (tertiary/aromatic N) is 2. The highest BCUT2D eigenvalue weighted by Crippen LogP contribution is 2.17. The van der Waals surface area contributed by atoms with Gasteiger partial charge in [-0.25, -0.2) is 4.39 Å². The summed E-state index contributed by atoms with van der Waals surface area (Å²) in [5, 5.41) is 7.36. The first-order chi connectivity index (χ1) is 9.17. The molecule has 2 rings (SSSR count).